The van der Waals surface area contributed by atoms with Crippen LogP contribution in [0.3, 0.4) is 0 Å². The molecule has 0 amide bonds. The first-order chi connectivity index (χ1) is 7.33. The zero-order valence-corrected chi connectivity index (χ0v) is 9.29. The van der Waals surface area contributed by atoms with Crippen LogP contribution in [0.5, 0.6) is 0 Å². The molecule has 0 N–H and O–H groups in total. The van der Waals surface area contributed by atoms with Gasteiger partial charge >= 0.3 is 5.97 Å². The van der Waals surface area contributed by atoms with E-state index in [4.69, 9.17) is 0 Å². The summed E-state index contributed by atoms with van der Waals surface area (Å²) >= 11 is 1.32. The number of nitrogens with zero attached hydrogens (tertiary/aromatic N) is 2. The summed E-state index contributed by atoms with van der Waals surface area (Å²) in [7, 11) is 0. The van der Waals surface area contributed by atoms with Crippen LogP contribution in [0.2, 0.25) is 0 Å². The third-order valence-corrected chi connectivity index (χ3v) is 2.44. The van der Waals surface area contributed by atoms with Gasteiger partial charge in [-0.05, 0) is 12.1 Å². The van der Waals surface area contributed by atoms with Crippen molar-refractivity contribution in [3.63, 3.8) is 0 Å². The second-order valence-corrected chi connectivity index (χ2v) is 3.79. The lowest BCUT2D eigenvalue weighted by Crippen LogP contribution is -2.00. The molecule has 0 atom stereocenters. The highest BCUT2D eigenvalue weighted by molar-refractivity contribution is 7.99. The molecule has 0 aliphatic rings. The van der Waals surface area contributed by atoms with E-state index in [0.717, 1.165) is 5.03 Å². The van der Waals surface area contributed by atoms with Gasteiger partial charge in [0.05, 0.1) is 11.4 Å². The molecule has 0 radical (unpaired) electrons. The lowest BCUT2D eigenvalue weighted by Gasteiger charge is -1.97. The Morgan fingerprint density at radius 3 is 3.07 bits per heavy atom. The Bertz CT molecular complexity index is 365. The molecule has 0 aromatic carbocycles. The molecule has 0 aliphatic heterocycles. The van der Waals surface area contributed by atoms with Crippen molar-refractivity contribution in [1.82, 2.24) is 4.98 Å². The molecule has 0 spiro atoms. The molecule has 7 heteroatoms. The number of rotatable bonds is 5. The summed E-state index contributed by atoms with van der Waals surface area (Å²) in [5.74, 6) is 0.0382. The van der Waals surface area contributed by atoms with E-state index in [0.29, 0.717) is 5.75 Å². The van der Waals surface area contributed by atoms with E-state index in [1.54, 1.807) is 6.20 Å². The summed E-state index contributed by atoms with van der Waals surface area (Å²) in [5.41, 5.74) is 0. The van der Waals surface area contributed by atoms with E-state index in [2.05, 4.69) is 14.3 Å². The van der Waals surface area contributed by atoms with E-state index in [-0.39, 0.29) is 17.9 Å². The first-order valence-corrected chi connectivity index (χ1v) is 5.74. The third kappa shape index (κ3) is 5.28. The highest BCUT2D eigenvalue weighted by Gasteiger charge is 2.03. The van der Waals surface area contributed by atoms with Gasteiger partial charge in [-0.2, -0.15) is 4.21 Å². The first-order valence-electron chi connectivity index (χ1n) is 4.06. The van der Waals surface area contributed by atoms with Crippen LogP contribution in [0, 0.1) is 0 Å². The van der Waals surface area contributed by atoms with Crippen LogP contribution in [-0.2, 0) is 21.1 Å². The number of carbonyl (C=O) groups excluding carboxylic acids is 1. The quantitative estimate of drug-likeness (QED) is 0.578. The van der Waals surface area contributed by atoms with Gasteiger partial charge in [-0.25, -0.2) is 9.78 Å². The molecule has 1 aromatic heterocycles. The zero-order chi connectivity index (χ0) is 10.9. The first kappa shape index (κ1) is 11.9. The van der Waals surface area contributed by atoms with Gasteiger partial charge in [-0.1, -0.05) is 6.07 Å². The fraction of sp³-hybridized carbons (Fsp3) is 0.250. The van der Waals surface area contributed by atoms with Crippen molar-refractivity contribution in [2.75, 3.05) is 5.75 Å². The molecule has 15 heavy (non-hydrogen) atoms. The lowest BCUT2D eigenvalue weighted by molar-refractivity contribution is -0.142. The van der Waals surface area contributed by atoms with Gasteiger partial charge in [0.25, 0.3) is 0 Å². The van der Waals surface area contributed by atoms with E-state index in [1.807, 2.05) is 18.2 Å². The zero-order valence-electron chi connectivity index (χ0n) is 7.66. The molecule has 0 unspecified atom stereocenters. The molecule has 0 fully saturated rings. The minimum absolute atomic E-state index is 0.127. The molecule has 5 nitrogen and oxygen atoms in total. The predicted molar refractivity (Wildman–Crippen MR) is 56.2 cm³/mol. The summed E-state index contributed by atoms with van der Waals surface area (Å²) in [6, 6.07) is 5.55. The van der Waals surface area contributed by atoms with Gasteiger partial charge in [0.2, 0.25) is 11.5 Å². The minimum Gasteiger partial charge on any atom is -0.305 e. The SMILES string of the molecule is O=S=NOC(=O)CCSc1ccccn1. The summed E-state index contributed by atoms with van der Waals surface area (Å²) in [6.07, 6.45) is 1.88. The predicted octanol–water partition coefficient (Wildman–Crippen LogP) is 1.42. The van der Waals surface area contributed by atoms with Gasteiger partial charge in [0.1, 0.15) is 0 Å². The molecule has 0 saturated heterocycles. The number of hydrogen-bond acceptors (Lipinski definition) is 6. The van der Waals surface area contributed by atoms with Crippen LogP contribution in [-0.4, -0.2) is 20.9 Å². The molecule has 80 valence electrons. The summed E-state index contributed by atoms with van der Waals surface area (Å²) in [6.45, 7) is 0. The summed E-state index contributed by atoms with van der Waals surface area (Å²) < 4.78 is 12.7. The average Bonchev–Trinajstić information content (AvgIpc) is 2.28. The molecule has 1 rings (SSSR count). The number of aromatic nitrogens is 1. The largest absolute Gasteiger partial charge is 0.337 e. The fourth-order valence-electron chi connectivity index (χ4n) is 0.774. The van der Waals surface area contributed by atoms with Gasteiger partial charge in [0, 0.05) is 16.5 Å². The number of carbonyl (C=O) groups is 1. The van der Waals surface area contributed by atoms with Crippen molar-refractivity contribution in [3.05, 3.63) is 24.4 Å². The van der Waals surface area contributed by atoms with Gasteiger partial charge in [-0.3, -0.25) is 0 Å². The van der Waals surface area contributed by atoms with E-state index < -0.39 is 5.97 Å². The maximum Gasteiger partial charge on any atom is 0.337 e. The van der Waals surface area contributed by atoms with Crippen LogP contribution in [0.15, 0.2) is 33.9 Å². The minimum atomic E-state index is -0.512. The molecular weight excluding hydrogens is 236 g/mol. The van der Waals surface area contributed by atoms with E-state index in [9.17, 15) is 9.00 Å². The number of hydrogen-bond donors (Lipinski definition) is 0. The highest BCUT2D eigenvalue weighted by atomic mass is 32.2. The molecule has 0 saturated carbocycles. The Morgan fingerprint density at radius 2 is 2.40 bits per heavy atom. The van der Waals surface area contributed by atoms with E-state index in [1.165, 1.54) is 11.8 Å². The van der Waals surface area contributed by atoms with Crippen molar-refractivity contribution in [3.8, 4) is 0 Å². The fourth-order valence-corrected chi connectivity index (χ4v) is 1.68. The van der Waals surface area contributed by atoms with Gasteiger partial charge < -0.3 is 4.84 Å². The van der Waals surface area contributed by atoms with Crippen LogP contribution in [0.25, 0.3) is 0 Å². The third-order valence-electron chi connectivity index (χ3n) is 1.36. The monoisotopic (exact) mass is 244 g/mol. The van der Waals surface area contributed by atoms with Crippen molar-refractivity contribution in [2.24, 2.45) is 4.53 Å². The normalized spacial score (nSPS) is 9.33. The van der Waals surface area contributed by atoms with Crippen molar-refractivity contribution >= 4 is 29.2 Å². The Hall–Kier alpha value is -1.21. The molecule has 0 aliphatic carbocycles. The van der Waals surface area contributed by atoms with Crippen molar-refractivity contribution in [2.45, 2.75) is 11.4 Å². The Balaban J connectivity index is 2.22. The molecule has 1 heterocycles. The standard InChI is InChI=1S/C8H8N2O3S2/c11-8(13-10-15-12)4-6-14-7-3-1-2-5-9-7/h1-3,5H,4,6H2. The molecule has 1 aromatic rings. The molecule has 0 bridgehead atoms. The van der Waals surface area contributed by atoms with Gasteiger partial charge in [-0.15, -0.1) is 11.8 Å². The van der Waals surface area contributed by atoms with Crippen molar-refractivity contribution < 1.29 is 13.8 Å². The topological polar surface area (TPSA) is 68.6 Å². The maximum absolute atomic E-state index is 10.9. The second kappa shape index (κ2) is 7.13. The average molecular weight is 244 g/mol. The highest BCUT2D eigenvalue weighted by Crippen LogP contribution is 2.14. The summed E-state index contributed by atoms with van der Waals surface area (Å²) in [5, 5.41) is 0.848. The van der Waals surface area contributed by atoms with Crippen molar-refractivity contribution in [1.29, 1.82) is 0 Å². The second-order valence-electron chi connectivity index (χ2n) is 2.38. The number of pyridine rings is 1. The molecular formula is C8H8N2O3S2. The Kier molecular flexibility index (Phi) is 5.64. The van der Waals surface area contributed by atoms with Gasteiger partial charge in [0.15, 0.2) is 0 Å². The van der Waals surface area contributed by atoms with Crippen LogP contribution >= 0.6 is 11.8 Å². The maximum atomic E-state index is 10.9. The Morgan fingerprint density at radius 1 is 1.53 bits per heavy atom. The number of thioether (sulfide) groups is 1. The van der Waals surface area contributed by atoms with Crippen LogP contribution in [0.1, 0.15) is 6.42 Å². The van der Waals surface area contributed by atoms with Crippen LogP contribution < -0.4 is 0 Å². The lowest BCUT2D eigenvalue weighted by atomic mass is 10.5. The summed E-state index contributed by atoms with van der Waals surface area (Å²) in [4.78, 5) is 19.2. The van der Waals surface area contributed by atoms with E-state index >= 15 is 0 Å². The smallest absolute Gasteiger partial charge is 0.305 e. The van der Waals surface area contributed by atoms with Crippen LogP contribution in [0.4, 0.5) is 0 Å². The Labute approximate surface area is 94.4 Å².